The van der Waals surface area contributed by atoms with Gasteiger partial charge in [0.25, 0.3) is 0 Å². The molecular weight excluding hydrogens is 333 g/mol. The summed E-state index contributed by atoms with van der Waals surface area (Å²) in [6, 6.07) is 13.6. The summed E-state index contributed by atoms with van der Waals surface area (Å²) in [7, 11) is 0. The highest BCUT2D eigenvalue weighted by Crippen LogP contribution is 2.27. The maximum Gasteiger partial charge on any atom is 0.209 e. The van der Waals surface area contributed by atoms with E-state index in [0.717, 1.165) is 37.4 Å². The lowest BCUT2D eigenvalue weighted by molar-refractivity contribution is 0.226. The van der Waals surface area contributed by atoms with Crippen LogP contribution in [-0.4, -0.2) is 41.2 Å². The van der Waals surface area contributed by atoms with E-state index in [1.54, 1.807) is 24.4 Å². The van der Waals surface area contributed by atoms with Crippen LogP contribution in [0.4, 0.5) is 10.1 Å². The Hall–Kier alpha value is -2.86. The number of hydrogen-bond donors (Lipinski definition) is 1. The summed E-state index contributed by atoms with van der Waals surface area (Å²) >= 11 is 0. The lowest BCUT2D eigenvalue weighted by atomic mass is 10.2. The standard InChI is InChI=1S/C20H20FN3O2/c21-16-7-5-15(6-8-16)19-13-22-20(26-19)14-23-9-11-24(12-10-23)17-3-1-2-4-18(17)25/h1-8,13,25H,9-12,14H2. The van der Waals surface area contributed by atoms with Gasteiger partial charge in [0, 0.05) is 31.7 Å². The van der Waals surface area contributed by atoms with Crippen LogP contribution in [0.15, 0.2) is 59.1 Å². The molecule has 4 rings (SSSR count). The van der Waals surface area contributed by atoms with Crippen LogP contribution < -0.4 is 4.90 Å². The third-order valence-electron chi connectivity index (χ3n) is 4.64. The molecule has 1 N–H and O–H groups in total. The van der Waals surface area contributed by atoms with E-state index in [4.69, 9.17) is 4.42 Å². The molecule has 1 fully saturated rings. The Morgan fingerprint density at radius 1 is 1.00 bits per heavy atom. The van der Waals surface area contributed by atoms with Crippen molar-refractivity contribution in [2.45, 2.75) is 6.54 Å². The van der Waals surface area contributed by atoms with Crippen LogP contribution in [0.5, 0.6) is 5.75 Å². The van der Waals surface area contributed by atoms with Crippen LogP contribution in [0.25, 0.3) is 11.3 Å². The summed E-state index contributed by atoms with van der Waals surface area (Å²) in [6.07, 6.45) is 1.68. The van der Waals surface area contributed by atoms with E-state index < -0.39 is 0 Å². The van der Waals surface area contributed by atoms with Crippen LogP contribution in [0.2, 0.25) is 0 Å². The SMILES string of the molecule is Oc1ccccc1N1CCN(Cc2ncc(-c3ccc(F)cc3)o2)CC1. The lowest BCUT2D eigenvalue weighted by Gasteiger charge is -2.35. The first-order valence-corrected chi connectivity index (χ1v) is 8.65. The number of piperazine rings is 1. The summed E-state index contributed by atoms with van der Waals surface area (Å²) in [6.45, 7) is 4.03. The fraction of sp³-hybridized carbons (Fsp3) is 0.250. The normalized spacial score (nSPS) is 15.3. The van der Waals surface area contributed by atoms with Crippen LogP contribution in [0, 0.1) is 5.82 Å². The van der Waals surface area contributed by atoms with Gasteiger partial charge in [-0.3, -0.25) is 4.90 Å². The number of halogens is 1. The quantitative estimate of drug-likeness (QED) is 0.778. The van der Waals surface area contributed by atoms with E-state index in [1.165, 1.54) is 12.1 Å². The highest BCUT2D eigenvalue weighted by atomic mass is 19.1. The Labute approximate surface area is 151 Å². The Morgan fingerprint density at radius 2 is 1.73 bits per heavy atom. The molecular formula is C20H20FN3O2. The minimum atomic E-state index is -0.268. The van der Waals surface area contributed by atoms with Gasteiger partial charge in [-0.2, -0.15) is 0 Å². The predicted molar refractivity (Wildman–Crippen MR) is 97.5 cm³/mol. The Kier molecular flexibility index (Phi) is 4.58. The van der Waals surface area contributed by atoms with Crippen molar-refractivity contribution in [2.24, 2.45) is 0 Å². The average Bonchev–Trinajstić information content (AvgIpc) is 3.12. The number of aromatic hydroxyl groups is 1. The van der Waals surface area contributed by atoms with Crippen molar-refractivity contribution in [3.05, 3.63) is 66.4 Å². The van der Waals surface area contributed by atoms with E-state index in [2.05, 4.69) is 14.8 Å². The molecule has 3 aromatic rings. The van der Waals surface area contributed by atoms with Gasteiger partial charge in [-0.05, 0) is 36.4 Å². The minimum Gasteiger partial charge on any atom is -0.506 e. The van der Waals surface area contributed by atoms with Gasteiger partial charge < -0.3 is 14.4 Å². The number of phenolic OH excluding ortho intramolecular Hbond substituents is 1. The second-order valence-corrected chi connectivity index (χ2v) is 6.38. The van der Waals surface area contributed by atoms with Gasteiger partial charge in [-0.15, -0.1) is 0 Å². The number of oxazole rings is 1. The van der Waals surface area contributed by atoms with Crippen LogP contribution in [0.1, 0.15) is 5.89 Å². The molecule has 1 saturated heterocycles. The maximum atomic E-state index is 13.0. The second kappa shape index (κ2) is 7.17. The summed E-state index contributed by atoms with van der Waals surface area (Å²) in [4.78, 5) is 8.81. The molecule has 0 bridgehead atoms. The van der Waals surface area contributed by atoms with Gasteiger partial charge in [0.15, 0.2) is 5.76 Å². The minimum absolute atomic E-state index is 0.268. The van der Waals surface area contributed by atoms with Gasteiger partial charge in [0.2, 0.25) is 5.89 Å². The van der Waals surface area contributed by atoms with Crippen molar-refractivity contribution in [1.82, 2.24) is 9.88 Å². The second-order valence-electron chi connectivity index (χ2n) is 6.38. The van der Waals surface area contributed by atoms with Crippen LogP contribution in [-0.2, 0) is 6.54 Å². The Bertz CT molecular complexity index is 871. The Morgan fingerprint density at radius 3 is 2.46 bits per heavy atom. The molecule has 2 aromatic carbocycles. The van der Waals surface area contributed by atoms with E-state index in [-0.39, 0.29) is 5.82 Å². The molecule has 0 atom stereocenters. The molecule has 1 aliphatic heterocycles. The fourth-order valence-corrected chi connectivity index (χ4v) is 3.20. The van der Waals surface area contributed by atoms with E-state index in [1.807, 2.05) is 18.2 Å². The summed E-state index contributed by atoms with van der Waals surface area (Å²) in [5.74, 6) is 1.35. The summed E-state index contributed by atoms with van der Waals surface area (Å²) in [5, 5.41) is 9.99. The van der Waals surface area contributed by atoms with Crippen molar-refractivity contribution >= 4 is 5.69 Å². The number of rotatable bonds is 4. The van der Waals surface area contributed by atoms with Crippen LogP contribution in [0.3, 0.4) is 0 Å². The van der Waals surface area contributed by atoms with Gasteiger partial charge in [-0.25, -0.2) is 9.37 Å². The van der Waals surface area contributed by atoms with Crippen molar-refractivity contribution < 1.29 is 13.9 Å². The summed E-state index contributed by atoms with van der Waals surface area (Å²) in [5.41, 5.74) is 1.69. The van der Waals surface area contributed by atoms with Crippen molar-refractivity contribution in [3.8, 4) is 17.1 Å². The predicted octanol–water partition coefficient (Wildman–Crippen LogP) is 3.51. The highest BCUT2D eigenvalue weighted by Gasteiger charge is 2.20. The van der Waals surface area contributed by atoms with Gasteiger partial charge in [-0.1, -0.05) is 12.1 Å². The third-order valence-corrected chi connectivity index (χ3v) is 4.64. The molecule has 0 spiro atoms. The molecule has 0 amide bonds. The fourth-order valence-electron chi connectivity index (χ4n) is 3.20. The first kappa shape index (κ1) is 16.6. The topological polar surface area (TPSA) is 52.7 Å². The monoisotopic (exact) mass is 353 g/mol. The molecule has 1 aromatic heterocycles. The molecule has 6 heteroatoms. The number of para-hydroxylation sites is 2. The van der Waals surface area contributed by atoms with Crippen molar-refractivity contribution in [3.63, 3.8) is 0 Å². The lowest BCUT2D eigenvalue weighted by Crippen LogP contribution is -2.46. The zero-order valence-corrected chi connectivity index (χ0v) is 14.3. The molecule has 134 valence electrons. The molecule has 0 aliphatic carbocycles. The third kappa shape index (κ3) is 3.55. The zero-order valence-electron chi connectivity index (χ0n) is 14.3. The molecule has 0 radical (unpaired) electrons. The van der Waals surface area contributed by atoms with E-state index >= 15 is 0 Å². The molecule has 0 unspecified atom stereocenters. The van der Waals surface area contributed by atoms with E-state index in [0.29, 0.717) is 23.9 Å². The largest absolute Gasteiger partial charge is 0.506 e. The Balaban J connectivity index is 1.36. The zero-order chi connectivity index (χ0) is 17.9. The summed E-state index contributed by atoms with van der Waals surface area (Å²) < 4.78 is 18.8. The van der Waals surface area contributed by atoms with Crippen molar-refractivity contribution in [2.75, 3.05) is 31.1 Å². The number of phenols is 1. The molecule has 26 heavy (non-hydrogen) atoms. The number of hydrogen-bond acceptors (Lipinski definition) is 5. The molecule has 1 aliphatic rings. The van der Waals surface area contributed by atoms with Gasteiger partial charge >= 0.3 is 0 Å². The molecule has 5 nitrogen and oxygen atoms in total. The first-order valence-electron chi connectivity index (χ1n) is 8.65. The van der Waals surface area contributed by atoms with Crippen molar-refractivity contribution in [1.29, 1.82) is 0 Å². The maximum absolute atomic E-state index is 13.0. The number of anilines is 1. The molecule has 0 saturated carbocycles. The number of nitrogens with zero attached hydrogens (tertiary/aromatic N) is 3. The number of benzene rings is 2. The first-order chi connectivity index (χ1) is 12.7. The van der Waals surface area contributed by atoms with Crippen LogP contribution >= 0.6 is 0 Å². The average molecular weight is 353 g/mol. The van der Waals surface area contributed by atoms with Gasteiger partial charge in [0.05, 0.1) is 18.4 Å². The van der Waals surface area contributed by atoms with Gasteiger partial charge in [0.1, 0.15) is 11.6 Å². The van der Waals surface area contributed by atoms with E-state index in [9.17, 15) is 9.50 Å². The number of aromatic nitrogens is 1. The smallest absolute Gasteiger partial charge is 0.209 e. The molecule has 2 heterocycles. The highest BCUT2D eigenvalue weighted by molar-refractivity contribution is 5.58.